The fourth-order valence-corrected chi connectivity index (χ4v) is 3.54. The number of rotatable bonds is 5. The van der Waals surface area contributed by atoms with Gasteiger partial charge in [-0.3, -0.25) is 10.2 Å². The number of aromatic nitrogens is 1. The van der Waals surface area contributed by atoms with E-state index in [1.54, 1.807) is 0 Å². The minimum Gasteiger partial charge on any atom is -0.447 e. The van der Waals surface area contributed by atoms with Gasteiger partial charge in [0.15, 0.2) is 0 Å². The summed E-state index contributed by atoms with van der Waals surface area (Å²) >= 11 is 0. The lowest BCUT2D eigenvalue weighted by molar-refractivity contribution is 0.130. The highest BCUT2D eigenvalue weighted by atomic mass is 16.6. The molecular weight excluding hydrogens is 326 g/mol. The summed E-state index contributed by atoms with van der Waals surface area (Å²) in [6.45, 7) is 11.2. The largest absolute Gasteiger partial charge is 0.447 e. The molecule has 0 aliphatic carbocycles. The molecular formula is C21H29N3O2. The molecule has 2 heterocycles. The van der Waals surface area contributed by atoms with Crippen molar-refractivity contribution in [2.75, 3.05) is 25.0 Å². The minimum absolute atomic E-state index is 0.137. The van der Waals surface area contributed by atoms with Crippen molar-refractivity contribution in [3.8, 4) is 0 Å². The number of nitrogens with one attached hydrogen (secondary N) is 2. The van der Waals surface area contributed by atoms with Crippen molar-refractivity contribution in [3.05, 3.63) is 35.5 Å². The van der Waals surface area contributed by atoms with Crippen LogP contribution >= 0.6 is 0 Å². The Morgan fingerprint density at radius 1 is 1.35 bits per heavy atom. The van der Waals surface area contributed by atoms with Gasteiger partial charge in [-0.2, -0.15) is 0 Å². The topological polar surface area (TPSA) is 57.4 Å². The van der Waals surface area contributed by atoms with Crippen molar-refractivity contribution in [1.82, 2.24) is 9.88 Å². The van der Waals surface area contributed by atoms with Crippen LogP contribution in [0.4, 0.5) is 10.5 Å². The maximum atomic E-state index is 11.9. The van der Waals surface area contributed by atoms with Crippen LogP contribution in [-0.4, -0.2) is 41.7 Å². The summed E-state index contributed by atoms with van der Waals surface area (Å²) in [7, 11) is 0. The molecule has 1 aliphatic rings. The van der Waals surface area contributed by atoms with E-state index in [4.69, 9.17) is 4.74 Å². The quantitative estimate of drug-likeness (QED) is 0.810. The molecule has 1 aromatic heterocycles. The van der Waals surface area contributed by atoms with Gasteiger partial charge in [0.2, 0.25) is 0 Å². The van der Waals surface area contributed by atoms with Gasteiger partial charge in [0.25, 0.3) is 0 Å². The third kappa shape index (κ3) is 3.93. The van der Waals surface area contributed by atoms with Gasteiger partial charge >= 0.3 is 6.09 Å². The SMILES string of the molecule is CCc1[nH]c2ccc(NC(=O)OC(C)C)cc2c1C1=CCN(CC)CC1. The summed E-state index contributed by atoms with van der Waals surface area (Å²) in [5.74, 6) is 0. The third-order valence-electron chi connectivity index (χ3n) is 4.88. The number of likely N-dealkylation sites (N-methyl/N-ethyl adjacent to an activating group) is 1. The van der Waals surface area contributed by atoms with Gasteiger partial charge < -0.3 is 9.72 Å². The van der Waals surface area contributed by atoms with E-state index in [0.29, 0.717) is 0 Å². The van der Waals surface area contributed by atoms with E-state index in [2.05, 4.69) is 41.2 Å². The molecule has 0 fully saturated rings. The lowest BCUT2D eigenvalue weighted by atomic mass is 9.95. The highest BCUT2D eigenvalue weighted by molar-refractivity contribution is 5.98. The maximum Gasteiger partial charge on any atom is 0.411 e. The Bertz CT molecular complexity index is 820. The molecule has 5 nitrogen and oxygen atoms in total. The van der Waals surface area contributed by atoms with Crippen LogP contribution in [0.1, 0.15) is 45.4 Å². The fourth-order valence-electron chi connectivity index (χ4n) is 3.54. The highest BCUT2D eigenvalue weighted by Crippen LogP contribution is 2.34. The zero-order chi connectivity index (χ0) is 18.7. The summed E-state index contributed by atoms with van der Waals surface area (Å²) in [5, 5.41) is 4.00. The summed E-state index contributed by atoms with van der Waals surface area (Å²) in [5.41, 5.74) is 5.84. The molecule has 3 rings (SSSR count). The van der Waals surface area contributed by atoms with Crippen molar-refractivity contribution >= 4 is 28.3 Å². The molecule has 0 saturated carbocycles. The van der Waals surface area contributed by atoms with Crippen molar-refractivity contribution in [3.63, 3.8) is 0 Å². The van der Waals surface area contributed by atoms with Crippen LogP contribution in [0.3, 0.4) is 0 Å². The number of hydrogen-bond acceptors (Lipinski definition) is 3. The summed E-state index contributed by atoms with van der Waals surface area (Å²) < 4.78 is 5.19. The second kappa shape index (κ2) is 7.96. The predicted octanol–water partition coefficient (Wildman–Crippen LogP) is 4.80. The predicted molar refractivity (Wildman–Crippen MR) is 108 cm³/mol. The van der Waals surface area contributed by atoms with Crippen LogP contribution in [0, 0.1) is 0 Å². The van der Waals surface area contributed by atoms with E-state index in [9.17, 15) is 4.79 Å². The Morgan fingerprint density at radius 3 is 2.77 bits per heavy atom. The lowest BCUT2D eigenvalue weighted by Crippen LogP contribution is -2.28. The molecule has 140 valence electrons. The number of aromatic amines is 1. The smallest absolute Gasteiger partial charge is 0.411 e. The minimum atomic E-state index is -0.414. The molecule has 26 heavy (non-hydrogen) atoms. The maximum absolute atomic E-state index is 11.9. The molecule has 2 N–H and O–H groups in total. The van der Waals surface area contributed by atoms with E-state index in [0.717, 1.165) is 43.7 Å². The summed E-state index contributed by atoms with van der Waals surface area (Å²) in [4.78, 5) is 17.9. The molecule has 0 spiro atoms. The van der Waals surface area contributed by atoms with Crippen LogP contribution in [0.25, 0.3) is 16.5 Å². The second-order valence-electron chi connectivity index (χ2n) is 7.04. The van der Waals surface area contributed by atoms with Gasteiger partial charge in [-0.05, 0) is 57.0 Å². The van der Waals surface area contributed by atoms with Gasteiger partial charge in [0.05, 0.1) is 6.10 Å². The number of ether oxygens (including phenoxy) is 1. The Labute approximate surface area is 155 Å². The van der Waals surface area contributed by atoms with Crippen LogP contribution in [0.2, 0.25) is 0 Å². The molecule has 1 aliphatic heterocycles. The number of anilines is 1. The third-order valence-corrected chi connectivity index (χ3v) is 4.88. The number of fused-ring (bicyclic) bond motifs is 1. The average Bonchev–Trinajstić information content (AvgIpc) is 2.99. The zero-order valence-corrected chi connectivity index (χ0v) is 16.2. The molecule has 0 saturated heterocycles. The first kappa shape index (κ1) is 18.5. The Morgan fingerprint density at radius 2 is 2.15 bits per heavy atom. The van der Waals surface area contributed by atoms with Crippen molar-refractivity contribution in [2.45, 2.75) is 46.6 Å². The van der Waals surface area contributed by atoms with Crippen LogP contribution < -0.4 is 5.32 Å². The first-order valence-corrected chi connectivity index (χ1v) is 9.55. The first-order valence-electron chi connectivity index (χ1n) is 9.55. The molecule has 1 aromatic carbocycles. The number of carbonyl (C=O) groups excluding carboxylic acids is 1. The monoisotopic (exact) mass is 355 g/mol. The highest BCUT2D eigenvalue weighted by Gasteiger charge is 2.19. The summed E-state index contributed by atoms with van der Waals surface area (Å²) in [6, 6.07) is 6.00. The van der Waals surface area contributed by atoms with Gasteiger partial charge in [0, 0.05) is 40.9 Å². The normalized spacial score (nSPS) is 15.3. The zero-order valence-electron chi connectivity index (χ0n) is 16.2. The van der Waals surface area contributed by atoms with Crippen LogP contribution in [-0.2, 0) is 11.2 Å². The Kier molecular flexibility index (Phi) is 5.67. The molecule has 5 heteroatoms. The van der Waals surface area contributed by atoms with Crippen LogP contribution in [0.5, 0.6) is 0 Å². The first-order chi connectivity index (χ1) is 12.5. The van der Waals surface area contributed by atoms with Crippen LogP contribution in [0.15, 0.2) is 24.3 Å². The second-order valence-corrected chi connectivity index (χ2v) is 7.04. The molecule has 1 amide bonds. The number of amides is 1. The Hall–Kier alpha value is -2.27. The standard InChI is InChI=1S/C21H29N3O2/c1-5-18-20(15-9-11-24(6-2)12-10-15)17-13-16(7-8-19(17)23-18)22-21(25)26-14(3)4/h7-9,13-14,23H,5-6,10-12H2,1-4H3,(H,22,25). The van der Waals surface area contributed by atoms with Crippen molar-refractivity contribution < 1.29 is 9.53 Å². The number of aryl methyl sites for hydroxylation is 1. The van der Waals surface area contributed by atoms with E-state index in [1.165, 1.54) is 22.2 Å². The van der Waals surface area contributed by atoms with E-state index < -0.39 is 6.09 Å². The van der Waals surface area contributed by atoms with Gasteiger partial charge in [0.1, 0.15) is 0 Å². The molecule has 0 bridgehead atoms. The number of benzene rings is 1. The number of nitrogens with zero attached hydrogens (tertiary/aromatic N) is 1. The number of hydrogen-bond donors (Lipinski definition) is 2. The summed E-state index contributed by atoms with van der Waals surface area (Å²) in [6.07, 6.45) is 3.81. The lowest BCUT2D eigenvalue weighted by Gasteiger charge is -2.25. The Balaban J connectivity index is 1.95. The van der Waals surface area contributed by atoms with E-state index >= 15 is 0 Å². The number of H-pyrrole nitrogens is 1. The van der Waals surface area contributed by atoms with Crippen molar-refractivity contribution in [1.29, 1.82) is 0 Å². The fraction of sp³-hybridized carbons (Fsp3) is 0.476. The van der Waals surface area contributed by atoms with Gasteiger partial charge in [-0.25, -0.2) is 4.79 Å². The van der Waals surface area contributed by atoms with E-state index in [-0.39, 0.29) is 6.10 Å². The van der Waals surface area contributed by atoms with Gasteiger partial charge in [-0.15, -0.1) is 0 Å². The molecule has 0 atom stereocenters. The van der Waals surface area contributed by atoms with Crippen molar-refractivity contribution in [2.24, 2.45) is 0 Å². The molecule has 2 aromatic rings. The van der Waals surface area contributed by atoms with Gasteiger partial charge in [-0.1, -0.05) is 19.9 Å². The molecule has 0 unspecified atom stereocenters. The average molecular weight is 355 g/mol. The van der Waals surface area contributed by atoms with E-state index in [1.807, 2.05) is 26.0 Å². The molecule has 0 radical (unpaired) electrons. The number of carbonyl (C=O) groups is 1.